The molecule has 0 spiro atoms. The van der Waals surface area contributed by atoms with E-state index < -0.39 is 16.9 Å². The number of non-ortho nitro benzene ring substituents is 1. The van der Waals surface area contributed by atoms with Crippen LogP contribution in [0.15, 0.2) is 64.7 Å². The molecule has 0 saturated heterocycles. The number of hydrogen-bond donors (Lipinski definition) is 3. The molecule has 2 aromatic rings. The Kier molecular flexibility index (Phi) is 5.65. The van der Waals surface area contributed by atoms with Crippen LogP contribution in [0.25, 0.3) is 0 Å². The molecule has 1 heterocycles. The fraction of sp³-hybridized carbons (Fsp3) is 0.158. The second-order valence-electron chi connectivity index (χ2n) is 6.10. The maximum Gasteiger partial charge on any atom is 0.319 e. The Bertz CT molecular complexity index is 955. The number of nitro benzene ring substituents is 1. The molecule has 8 nitrogen and oxygen atoms in total. The van der Waals surface area contributed by atoms with Gasteiger partial charge in [0.05, 0.1) is 16.5 Å². The molecular weight excluding hydrogens is 380 g/mol. The second-order valence-corrected chi connectivity index (χ2v) is 6.98. The molecule has 3 amide bonds. The van der Waals surface area contributed by atoms with E-state index in [1.807, 2.05) is 30.5 Å². The zero-order valence-electron chi connectivity index (χ0n) is 15.2. The number of carbonyl (C=O) groups excluding carboxylic acids is 2. The molecule has 1 aliphatic rings. The maximum atomic E-state index is 12.9. The third-order valence-corrected chi connectivity index (χ3v) is 5.04. The van der Waals surface area contributed by atoms with Gasteiger partial charge in [-0.3, -0.25) is 14.9 Å². The van der Waals surface area contributed by atoms with Crippen molar-refractivity contribution in [2.24, 2.45) is 0 Å². The van der Waals surface area contributed by atoms with Crippen molar-refractivity contribution in [2.75, 3.05) is 11.6 Å². The topological polar surface area (TPSA) is 113 Å². The normalized spacial score (nSPS) is 16.2. The van der Waals surface area contributed by atoms with Gasteiger partial charge in [0.15, 0.2) is 0 Å². The van der Waals surface area contributed by atoms with Crippen LogP contribution in [0, 0.1) is 10.1 Å². The Labute approximate surface area is 165 Å². The molecule has 0 aliphatic carbocycles. The van der Waals surface area contributed by atoms with Crippen LogP contribution in [-0.2, 0) is 4.79 Å². The number of hydrogen-bond acceptors (Lipinski definition) is 5. The molecule has 1 aliphatic heterocycles. The average molecular weight is 398 g/mol. The van der Waals surface area contributed by atoms with Gasteiger partial charge in [0.1, 0.15) is 0 Å². The molecule has 3 rings (SSSR count). The minimum Gasteiger partial charge on any atom is -0.327 e. The Morgan fingerprint density at radius 3 is 2.36 bits per heavy atom. The van der Waals surface area contributed by atoms with Gasteiger partial charge < -0.3 is 16.0 Å². The molecule has 2 aromatic carbocycles. The maximum absolute atomic E-state index is 12.9. The standard InChI is InChI=1S/C19H18N4O4S/c1-11-16(18(24)21-13-5-7-14(8-6-13)23(26)27)17(22-19(25)20-11)12-3-9-15(28-2)10-4-12/h3-10,17H,1-2H3,(H,21,24)(H2,20,22,25)/t17-/m1/s1. The van der Waals surface area contributed by atoms with Crippen LogP contribution in [0.3, 0.4) is 0 Å². The molecule has 1 atom stereocenters. The zero-order valence-corrected chi connectivity index (χ0v) is 16.0. The summed E-state index contributed by atoms with van der Waals surface area (Å²) in [5.41, 5.74) is 1.95. The first-order chi connectivity index (χ1) is 13.4. The van der Waals surface area contributed by atoms with Crippen molar-refractivity contribution in [3.05, 3.63) is 75.5 Å². The van der Waals surface area contributed by atoms with E-state index in [4.69, 9.17) is 0 Å². The highest BCUT2D eigenvalue weighted by Crippen LogP contribution is 2.29. The van der Waals surface area contributed by atoms with Crippen LogP contribution < -0.4 is 16.0 Å². The summed E-state index contributed by atoms with van der Waals surface area (Å²) < 4.78 is 0. The minimum absolute atomic E-state index is 0.0632. The predicted molar refractivity (Wildman–Crippen MR) is 107 cm³/mol. The van der Waals surface area contributed by atoms with Gasteiger partial charge in [0, 0.05) is 28.4 Å². The molecule has 0 saturated carbocycles. The van der Waals surface area contributed by atoms with E-state index in [-0.39, 0.29) is 11.7 Å². The number of nitro groups is 1. The molecule has 0 bridgehead atoms. The summed E-state index contributed by atoms with van der Waals surface area (Å²) >= 11 is 1.60. The summed E-state index contributed by atoms with van der Waals surface area (Å²) in [4.78, 5) is 36.2. The lowest BCUT2D eigenvalue weighted by Crippen LogP contribution is -2.45. The summed E-state index contributed by atoms with van der Waals surface area (Å²) in [6.07, 6.45) is 1.97. The number of amides is 3. The van der Waals surface area contributed by atoms with Crippen molar-refractivity contribution in [1.29, 1.82) is 0 Å². The summed E-state index contributed by atoms with van der Waals surface area (Å²) in [5.74, 6) is -0.405. The molecule has 0 fully saturated rings. The van der Waals surface area contributed by atoms with Crippen molar-refractivity contribution in [1.82, 2.24) is 10.6 Å². The van der Waals surface area contributed by atoms with Gasteiger partial charge in [0.25, 0.3) is 11.6 Å². The Morgan fingerprint density at radius 1 is 1.14 bits per heavy atom. The monoisotopic (exact) mass is 398 g/mol. The number of nitrogens with zero attached hydrogens (tertiary/aromatic N) is 1. The summed E-state index contributed by atoms with van der Waals surface area (Å²) in [6.45, 7) is 1.66. The van der Waals surface area contributed by atoms with Crippen molar-refractivity contribution in [2.45, 2.75) is 17.9 Å². The molecule has 0 radical (unpaired) electrons. The largest absolute Gasteiger partial charge is 0.327 e. The number of allylic oxidation sites excluding steroid dienone is 1. The number of urea groups is 1. The van der Waals surface area contributed by atoms with Crippen molar-refractivity contribution >= 4 is 35.1 Å². The lowest BCUT2D eigenvalue weighted by Gasteiger charge is -2.28. The predicted octanol–water partition coefficient (Wildman–Crippen LogP) is 3.58. The molecule has 9 heteroatoms. The average Bonchev–Trinajstić information content (AvgIpc) is 2.67. The number of thioether (sulfide) groups is 1. The first-order valence-corrected chi connectivity index (χ1v) is 9.59. The molecule has 0 unspecified atom stereocenters. The van der Waals surface area contributed by atoms with Gasteiger partial charge in [-0.1, -0.05) is 12.1 Å². The molecule has 144 valence electrons. The van der Waals surface area contributed by atoms with Crippen LogP contribution in [0.4, 0.5) is 16.2 Å². The van der Waals surface area contributed by atoms with Crippen LogP contribution >= 0.6 is 11.8 Å². The molecular formula is C19H18N4O4S. The SMILES string of the molecule is CSc1ccc([C@H]2NC(=O)NC(C)=C2C(=O)Nc2ccc([N+](=O)[O-])cc2)cc1. The second kappa shape index (κ2) is 8.13. The first-order valence-electron chi connectivity index (χ1n) is 8.37. The summed E-state index contributed by atoms with van der Waals surface area (Å²) in [7, 11) is 0. The van der Waals surface area contributed by atoms with Gasteiger partial charge in [0.2, 0.25) is 0 Å². The zero-order chi connectivity index (χ0) is 20.3. The van der Waals surface area contributed by atoms with Gasteiger partial charge in [-0.25, -0.2) is 4.79 Å². The van der Waals surface area contributed by atoms with Crippen LogP contribution in [-0.4, -0.2) is 23.1 Å². The van der Waals surface area contributed by atoms with E-state index in [9.17, 15) is 19.7 Å². The highest BCUT2D eigenvalue weighted by molar-refractivity contribution is 7.98. The van der Waals surface area contributed by atoms with E-state index in [1.165, 1.54) is 24.3 Å². The lowest BCUT2D eigenvalue weighted by atomic mass is 9.95. The fourth-order valence-corrected chi connectivity index (χ4v) is 3.31. The van der Waals surface area contributed by atoms with E-state index in [0.717, 1.165) is 10.5 Å². The van der Waals surface area contributed by atoms with E-state index in [0.29, 0.717) is 17.0 Å². The van der Waals surface area contributed by atoms with Crippen molar-refractivity contribution in [3.8, 4) is 0 Å². The van der Waals surface area contributed by atoms with Gasteiger partial charge in [-0.05, 0) is 43.0 Å². The lowest BCUT2D eigenvalue weighted by molar-refractivity contribution is -0.384. The van der Waals surface area contributed by atoms with Gasteiger partial charge in [-0.15, -0.1) is 11.8 Å². The van der Waals surface area contributed by atoms with Crippen molar-refractivity contribution < 1.29 is 14.5 Å². The van der Waals surface area contributed by atoms with Gasteiger partial charge >= 0.3 is 6.03 Å². The fourth-order valence-electron chi connectivity index (χ4n) is 2.91. The van der Waals surface area contributed by atoms with E-state index in [1.54, 1.807) is 18.7 Å². The number of nitrogens with one attached hydrogen (secondary N) is 3. The van der Waals surface area contributed by atoms with Crippen LogP contribution in [0.1, 0.15) is 18.5 Å². The quantitative estimate of drug-likeness (QED) is 0.405. The van der Waals surface area contributed by atoms with Crippen molar-refractivity contribution in [3.63, 3.8) is 0 Å². The Morgan fingerprint density at radius 2 is 1.79 bits per heavy atom. The first kappa shape index (κ1) is 19.4. The third kappa shape index (κ3) is 4.15. The molecule has 0 aromatic heterocycles. The van der Waals surface area contributed by atoms with Gasteiger partial charge in [-0.2, -0.15) is 0 Å². The van der Waals surface area contributed by atoms with E-state index >= 15 is 0 Å². The molecule has 28 heavy (non-hydrogen) atoms. The van der Waals surface area contributed by atoms with Crippen LogP contribution in [0.5, 0.6) is 0 Å². The number of benzene rings is 2. The van der Waals surface area contributed by atoms with Crippen LogP contribution in [0.2, 0.25) is 0 Å². The minimum atomic E-state index is -0.609. The highest BCUT2D eigenvalue weighted by atomic mass is 32.2. The Hall–Kier alpha value is -3.33. The summed E-state index contributed by atoms with van der Waals surface area (Å²) in [6, 6.07) is 12.2. The summed E-state index contributed by atoms with van der Waals surface area (Å²) in [5, 5.41) is 18.9. The highest BCUT2D eigenvalue weighted by Gasteiger charge is 2.31. The number of anilines is 1. The number of rotatable bonds is 5. The third-order valence-electron chi connectivity index (χ3n) is 4.30. The Balaban J connectivity index is 1.88. The number of carbonyl (C=O) groups is 2. The smallest absolute Gasteiger partial charge is 0.319 e. The van der Waals surface area contributed by atoms with E-state index in [2.05, 4.69) is 16.0 Å². The molecule has 3 N–H and O–H groups in total.